The molecule has 1 heterocycles. The Labute approximate surface area is 129 Å². The van der Waals surface area contributed by atoms with E-state index in [1.165, 1.54) is 12.8 Å². The number of nitrogens with zero attached hydrogens (tertiary/aromatic N) is 2. The van der Waals surface area contributed by atoms with E-state index in [0.29, 0.717) is 24.0 Å². The van der Waals surface area contributed by atoms with Gasteiger partial charge in [-0.2, -0.15) is 0 Å². The van der Waals surface area contributed by atoms with Crippen LogP contribution in [0.3, 0.4) is 0 Å². The Bertz CT molecular complexity index is 519. The molecule has 1 aromatic rings. The normalized spacial score (nSPS) is 15.7. The number of aromatic amines is 1. The second-order valence-corrected chi connectivity index (χ2v) is 5.82. The molecule has 1 aliphatic carbocycles. The number of aromatic nitrogens is 2. The number of imidazole rings is 1. The summed E-state index contributed by atoms with van der Waals surface area (Å²) in [7, 11) is 0. The third-order valence-corrected chi connectivity index (χ3v) is 4.25. The topological polar surface area (TPSA) is 67.3 Å². The Balaban J connectivity index is 2.15. The van der Waals surface area contributed by atoms with Crippen molar-refractivity contribution in [3.63, 3.8) is 0 Å². The van der Waals surface area contributed by atoms with Crippen LogP contribution in [0.15, 0.2) is 16.6 Å². The maximum atomic E-state index is 12.1. The molecule has 1 saturated carbocycles. The first kappa shape index (κ1) is 15.8. The van der Waals surface area contributed by atoms with E-state index in [9.17, 15) is 4.79 Å². The van der Waals surface area contributed by atoms with Crippen molar-refractivity contribution in [1.82, 2.24) is 9.97 Å². The average molecular weight is 307 g/mol. The molecule has 114 valence electrons. The first-order valence-corrected chi connectivity index (χ1v) is 8.29. The first-order valence-electron chi connectivity index (χ1n) is 7.24. The lowest BCUT2D eigenvalue weighted by Gasteiger charge is -2.08. The molecule has 0 aliphatic heterocycles. The summed E-state index contributed by atoms with van der Waals surface area (Å²) in [5.74, 6) is 1.56. The molecule has 21 heavy (non-hydrogen) atoms. The van der Waals surface area contributed by atoms with Gasteiger partial charge in [-0.3, -0.25) is 4.99 Å². The number of thioether (sulfide) groups is 1. The SMILES string of the molecule is C=N/C=C\SCc1nc(C(=O)OCC)c(C2CCCC2)[nH]1. The summed E-state index contributed by atoms with van der Waals surface area (Å²) in [5.41, 5.74) is 1.41. The molecule has 1 aromatic heterocycles. The number of hydrogen-bond acceptors (Lipinski definition) is 5. The molecule has 0 saturated heterocycles. The summed E-state index contributed by atoms with van der Waals surface area (Å²) in [6.45, 7) is 5.56. The average Bonchev–Trinajstić information content (AvgIpc) is 3.12. The molecule has 0 amide bonds. The van der Waals surface area contributed by atoms with Crippen molar-refractivity contribution >= 4 is 24.4 Å². The molecule has 2 rings (SSSR count). The predicted octanol–water partition coefficient (Wildman–Crippen LogP) is 3.65. The van der Waals surface area contributed by atoms with Gasteiger partial charge in [-0.1, -0.05) is 12.8 Å². The van der Waals surface area contributed by atoms with Gasteiger partial charge in [0.15, 0.2) is 5.69 Å². The van der Waals surface area contributed by atoms with Crippen LogP contribution in [0.2, 0.25) is 0 Å². The zero-order valence-electron chi connectivity index (χ0n) is 12.3. The molecule has 0 aromatic carbocycles. The molecule has 1 fully saturated rings. The minimum absolute atomic E-state index is 0.324. The fraction of sp³-hybridized carbons (Fsp3) is 0.533. The van der Waals surface area contributed by atoms with Gasteiger partial charge < -0.3 is 9.72 Å². The number of nitrogens with one attached hydrogen (secondary N) is 1. The van der Waals surface area contributed by atoms with E-state index in [2.05, 4.69) is 21.7 Å². The van der Waals surface area contributed by atoms with Gasteiger partial charge in [0.1, 0.15) is 5.82 Å². The van der Waals surface area contributed by atoms with Gasteiger partial charge in [0.05, 0.1) is 18.1 Å². The highest BCUT2D eigenvalue weighted by Gasteiger charge is 2.27. The standard InChI is InChI=1S/C15H21N3O2S/c1-3-20-15(19)14-13(11-6-4-5-7-11)17-12(18-14)10-21-9-8-16-2/h8-9,11H,2-7,10H2,1H3,(H,17,18)/b9-8-. The number of aliphatic imine (C=N–C) groups is 1. The Morgan fingerprint density at radius 2 is 2.33 bits per heavy atom. The van der Waals surface area contributed by atoms with E-state index in [1.807, 2.05) is 12.3 Å². The van der Waals surface area contributed by atoms with Gasteiger partial charge in [-0.05, 0) is 31.9 Å². The highest BCUT2D eigenvalue weighted by molar-refractivity contribution is 8.01. The fourth-order valence-electron chi connectivity index (χ4n) is 2.58. The minimum atomic E-state index is -0.324. The van der Waals surface area contributed by atoms with Crippen LogP contribution in [-0.2, 0) is 10.5 Å². The Morgan fingerprint density at radius 1 is 1.57 bits per heavy atom. The van der Waals surface area contributed by atoms with Crippen LogP contribution in [0.4, 0.5) is 0 Å². The Kier molecular flexibility index (Phi) is 6.04. The van der Waals surface area contributed by atoms with Crippen LogP contribution in [0.25, 0.3) is 0 Å². The van der Waals surface area contributed by atoms with Gasteiger partial charge in [0, 0.05) is 12.1 Å². The molecule has 5 nitrogen and oxygen atoms in total. The van der Waals surface area contributed by atoms with Crippen LogP contribution in [0, 0.1) is 0 Å². The molecule has 6 heteroatoms. The predicted molar refractivity (Wildman–Crippen MR) is 85.7 cm³/mol. The zero-order chi connectivity index (χ0) is 15.1. The van der Waals surface area contributed by atoms with E-state index in [4.69, 9.17) is 4.74 Å². The van der Waals surface area contributed by atoms with Crippen molar-refractivity contribution in [3.05, 3.63) is 28.8 Å². The zero-order valence-corrected chi connectivity index (χ0v) is 13.1. The molecule has 0 atom stereocenters. The summed E-state index contributed by atoms with van der Waals surface area (Å²) < 4.78 is 5.12. The van der Waals surface area contributed by atoms with E-state index in [-0.39, 0.29) is 5.97 Å². The van der Waals surface area contributed by atoms with Crippen molar-refractivity contribution < 1.29 is 9.53 Å². The first-order chi connectivity index (χ1) is 10.3. The van der Waals surface area contributed by atoms with E-state index >= 15 is 0 Å². The highest BCUT2D eigenvalue weighted by Crippen LogP contribution is 2.35. The van der Waals surface area contributed by atoms with E-state index in [1.54, 1.807) is 18.0 Å². The van der Waals surface area contributed by atoms with Crippen molar-refractivity contribution in [2.75, 3.05) is 6.61 Å². The molecule has 0 spiro atoms. The number of hydrogen-bond donors (Lipinski definition) is 1. The summed E-state index contributed by atoms with van der Waals surface area (Å²) in [6, 6.07) is 0. The van der Waals surface area contributed by atoms with Gasteiger partial charge in [-0.25, -0.2) is 9.78 Å². The number of esters is 1. The van der Waals surface area contributed by atoms with Gasteiger partial charge >= 0.3 is 5.97 Å². The summed E-state index contributed by atoms with van der Waals surface area (Å²) in [6.07, 6.45) is 6.29. The summed E-state index contributed by atoms with van der Waals surface area (Å²) >= 11 is 1.56. The lowest BCUT2D eigenvalue weighted by Crippen LogP contribution is -2.09. The van der Waals surface area contributed by atoms with Crippen LogP contribution >= 0.6 is 11.8 Å². The number of carbonyl (C=O) groups excluding carboxylic acids is 1. The van der Waals surface area contributed by atoms with Crippen LogP contribution in [0.5, 0.6) is 0 Å². The third kappa shape index (κ3) is 4.20. The van der Waals surface area contributed by atoms with Crippen LogP contribution in [0.1, 0.15) is 60.5 Å². The van der Waals surface area contributed by atoms with Crippen molar-refractivity contribution in [3.8, 4) is 0 Å². The molecule has 1 aliphatic rings. The second-order valence-electron chi connectivity index (χ2n) is 4.93. The van der Waals surface area contributed by atoms with Crippen LogP contribution in [-0.4, -0.2) is 29.3 Å². The maximum absolute atomic E-state index is 12.1. The van der Waals surface area contributed by atoms with Crippen LogP contribution < -0.4 is 0 Å². The summed E-state index contributed by atoms with van der Waals surface area (Å²) in [4.78, 5) is 23.5. The van der Waals surface area contributed by atoms with E-state index in [0.717, 1.165) is 24.4 Å². The fourth-order valence-corrected chi connectivity index (χ4v) is 3.15. The molecular weight excluding hydrogens is 286 g/mol. The highest BCUT2D eigenvalue weighted by atomic mass is 32.2. The molecule has 0 unspecified atom stereocenters. The second kappa shape index (κ2) is 8.02. The molecule has 0 bridgehead atoms. The van der Waals surface area contributed by atoms with Gasteiger partial charge in [0.2, 0.25) is 0 Å². The van der Waals surface area contributed by atoms with Gasteiger partial charge in [-0.15, -0.1) is 11.8 Å². The quantitative estimate of drug-likeness (QED) is 0.617. The molecular formula is C15H21N3O2S. The smallest absolute Gasteiger partial charge is 0.358 e. The monoisotopic (exact) mass is 307 g/mol. The minimum Gasteiger partial charge on any atom is -0.461 e. The number of H-pyrrole nitrogens is 1. The Hall–Kier alpha value is -1.56. The van der Waals surface area contributed by atoms with Crippen molar-refractivity contribution in [2.24, 2.45) is 4.99 Å². The Morgan fingerprint density at radius 3 is 3.00 bits per heavy atom. The van der Waals surface area contributed by atoms with Crippen molar-refractivity contribution in [1.29, 1.82) is 0 Å². The lowest BCUT2D eigenvalue weighted by molar-refractivity contribution is 0.0518. The number of carbonyl (C=O) groups is 1. The third-order valence-electron chi connectivity index (χ3n) is 3.50. The number of rotatable bonds is 7. The molecule has 0 radical (unpaired) electrons. The maximum Gasteiger partial charge on any atom is 0.358 e. The summed E-state index contributed by atoms with van der Waals surface area (Å²) in [5, 5.41) is 1.86. The lowest BCUT2D eigenvalue weighted by atomic mass is 10.0. The molecule has 1 N–H and O–H groups in total. The largest absolute Gasteiger partial charge is 0.461 e. The van der Waals surface area contributed by atoms with E-state index < -0.39 is 0 Å². The number of ether oxygens (including phenoxy) is 1. The van der Waals surface area contributed by atoms with Crippen molar-refractivity contribution in [2.45, 2.75) is 44.3 Å². The van der Waals surface area contributed by atoms with Gasteiger partial charge in [0.25, 0.3) is 0 Å².